The number of carbonyl (C=O) groups excluding carboxylic acids is 3. The summed E-state index contributed by atoms with van der Waals surface area (Å²) in [5, 5.41) is 3.12. The molecule has 3 aliphatic heterocycles. The number of benzene rings is 1. The van der Waals surface area contributed by atoms with E-state index in [9.17, 15) is 18.8 Å². The number of rotatable bonds is 3. The third-order valence-corrected chi connectivity index (χ3v) is 8.94. The Bertz CT molecular complexity index is 1300. The lowest BCUT2D eigenvalue weighted by atomic mass is 9.89. The van der Waals surface area contributed by atoms with Gasteiger partial charge in [-0.15, -0.1) is 0 Å². The van der Waals surface area contributed by atoms with Crippen LogP contribution in [0, 0.1) is 11.7 Å². The maximum atomic E-state index is 14.4. The van der Waals surface area contributed by atoms with Gasteiger partial charge in [0.15, 0.2) is 0 Å². The lowest BCUT2D eigenvalue weighted by molar-refractivity contribution is -0.143. The van der Waals surface area contributed by atoms with Gasteiger partial charge in [0.2, 0.25) is 11.8 Å². The number of amides is 3. The summed E-state index contributed by atoms with van der Waals surface area (Å²) in [6.45, 7) is 2.77. The van der Waals surface area contributed by atoms with Crippen molar-refractivity contribution in [3.8, 4) is 5.88 Å². The Morgan fingerprint density at radius 2 is 1.86 bits per heavy atom. The van der Waals surface area contributed by atoms with Crippen LogP contribution in [-0.4, -0.2) is 108 Å². The van der Waals surface area contributed by atoms with Gasteiger partial charge >= 0.3 is 0 Å². The van der Waals surface area contributed by atoms with Crippen LogP contribution in [0.2, 0.25) is 0 Å². The number of aromatic nitrogens is 1. The Labute approximate surface area is 245 Å². The van der Waals surface area contributed by atoms with E-state index in [4.69, 9.17) is 9.47 Å². The summed E-state index contributed by atoms with van der Waals surface area (Å²) in [5.41, 5.74) is 0.286. The Morgan fingerprint density at radius 1 is 1.02 bits per heavy atom. The van der Waals surface area contributed by atoms with Crippen LogP contribution in [0.15, 0.2) is 42.6 Å². The molecule has 1 aromatic heterocycles. The van der Waals surface area contributed by atoms with Crippen molar-refractivity contribution < 1.29 is 28.2 Å². The van der Waals surface area contributed by atoms with Crippen molar-refractivity contribution in [1.29, 1.82) is 0 Å². The molecule has 10 nitrogen and oxygen atoms in total. The molecule has 3 amide bonds. The normalized spacial score (nSPS) is 26.1. The van der Waals surface area contributed by atoms with Crippen LogP contribution in [0.4, 0.5) is 4.39 Å². The molecule has 0 unspecified atom stereocenters. The molecule has 42 heavy (non-hydrogen) atoms. The lowest BCUT2D eigenvalue weighted by Crippen LogP contribution is -2.59. The quantitative estimate of drug-likeness (QED) is 0.596. The van der Waals surface area contributed by atoms with Crippen molar-refractivity contribution in [3.63, 3.8) is 0 Å². The summed E-state index contributed by atoms with van der Waals surface area (Å²) in [5.74, 6) is -0.744. The fourth-order valence-corrected chi connectivity index (χ4v) is 6.72. The molecule has 3 fully saturated rings. The topological polar surface area (TPSA) is 104 Å². The van der Waals surface area contributed by atoms with E-state index in [1.807, 2.05) is 0 Å². The first-order valence-corrected chi connectivity index (χ1v) is 15.0. The summed E-state index contributed by atoms with van der Waals surface area (Å²) in [6.07, 6.45) is 7.47. The van der Waals surface area contributed by atoms with Crippen LogP contribution in [0.5, 0.6) is 5.88 Å². The first kappa shape index (κ1) is 28.5. The number of piperazine rings is 1. The number of likely N-dealkylation sites (tertiary alicyclic amines) is 1. The Hall–Kier alpha value is -3.57. The molecule has 3 atom stereocenters. The van der Waals surface area contributed by atoms with Crippen molar-refractivity contribution in [1.82, 2.24) is 25.0 Å². The predicted octanol–water partition coefficient (Wildman–Crippen LogP) is 2.35. The van der Waals surface area contributed by atoms with Crippen LogP contribution in [0.25, 0.3) is 0 Å². The highest BCUT2D eigenvalue weighted by atomic mass is 19.1. The number of halogens is 1. The third kappa shape index (κ3) is 6.27. The Kier molecular flexibility index (Phi) is 8.66. The van der Waals surface area contributed by atoms with Crippen molar-refractivity contribution in [2.45, 2.75) is 50.3 Å². The number of pyridine rings is 1. The van der Waals surface area contributed by atoms with E-state index < -0.39 is 17.8 Å². The van der Waals surface area contributed by atoms with Gasteiger partial charge < -0.3 is 24.6 Å². The molecule has 1 N–H and O–H groups in total. The average molecular weight is 580 g/mol. The molecule has 2 saturated heterocycles. The highest BCUT2D eigenvalue weighted by Gasteiger charge is 2.39. The van der Waals surface area contributed by atoms with E-state index in [1.165, 1.54) is 55.2 Å². The van der Waals surface area contributed by atoms with Gasteiger partial charge in [-0.25, -0.2) is 9.37 Å². The molecule has 11 heteroatoms. The van der Waals surface area contributed by atoms with E-state index in [2.05, 4.69) is 15.2 Å². The minimum absolute atomic E-state index is 0.00606. The van der Waals surface area contributed by atoms with Gasteiger partial charge in [0, 0.05) is 45.5 Å². The lowest BCUT2D eigenvalue weighted by Gasteiger charge is -2.41. The van der Waals surface area contributed by atoms with E-state index in [1.54, 1.807) is 29.3 Å². The maximum Gasteiger partial charge on any atom is 0.257 e. The first-order valence-electron chi connectivity index (χ1n) is 15.0. The zero-order chi connectivity index (χ0) is 29.1. The molecular formula is C31H38FN5O5. The predicted molar refractivity (Wildman–Crippen MR) is 152 cm³/mol. The largest absolute Gasteiger partial charge is 0.475 e. The summed E-state index contributed by atoms with van der Waals surface area (Å²) in [7, 11) is 0. The smallest absolute Gasteiger partial charge is 0.257 e. The van der Waals surface area contributed by atoms with Crippen molar-refractivity contribution in [2.24, 2.45) is 5.92 Å². The molecule has 0 bridgehead atoms. The standard InChI is InChI=1S/C31H38FN5O5/c32-25-11-5-4-9-23(25)31(40)36-13-14-37-22(16-36)19-42-30-24(10-6-12-33-30)29(39)34-26-17-35(15-21-7-2-1-3-8-21)18-27(26)41-20-28(37)38/h4-6,9-12,21-22,26-27H,1-3,7-8,13-20H2,(H,34,39)/t22-,26+,27-/m0/s1. The number of nitrogens with zero attached hydrogens (tertiary/aromatic N) is 4. The molecule has 0 spiro atoms. The van der Waals surface area contributed by atoms with Gasteiger partial charge in [-0.3, -0.25) is 19.3 Å². The maximum absolute atomic E-state index is 14.4. The van der Waals surface area contributed by atoms with Gasteiger partial charge in [0.05, 0.1) is 23.8 Å². The molecular weight excluding hydrogens is 541 g/mol. The minimum atomic E-state index is -0.589. The van der Waals surface area contributed by atoms with Gasteiger partial charge in [-0.05, 0) is 43.0 Å². The second kappa shape index (κ2) is 12.7. The van der Waals surface area contributed by atoms with E-state index in [0.29, 0.717) is 24.6 Å². The van der Waals surface area contributed by atoms with E-state index >= 15 is 0 Å². The molecule has 6 rings (SSSR count). The number of fused-ring (bicyclic) bond motifs is 3. The Balaban J connectivity index is 1.22. The summed E-state index contributed by atoms with van der Waals surface area (Å²) in [4.78, 5) is 50.0. The fraction of sp³-hybridized carbons (Fsp3) is 0.548. The number of hydrogen-bond acceptors (Lipinski definition) is 7. The van der Waals surface area contributed by atoms with E-state index in [0.717, 1.165) is 6.54 Å². The van der Waals surface area contributed by atoms with Crippen molar-refractivity contribution in [3.05, 3.63) is 59.5 Å². The summed E-state index contributed by atoms with van der Waals surface area (Å²) in [6, 6.07) is 8.40. The third-order valence-electron chi connectivity index (χ3n) is 8.94. The molecule has 1 saturated carbocycles. The molecule has 4 heterocycles. The van der Waals surface area contributed by atoms with Gasteiger partial charge in [0.1, 0.15) is 24.6 Å². The summed E-state index contributed by atoms with van der Waals surface area (Å²) >= 11 is 0. The van der Waals surface area contributed by atoms with Crippen LogP contribution in [-0.2, 0) is 9.53 Å². The van der Waals surface area contributed by atoms with Crippen LogP contribution in [0.1, 0.15) is 52.8 Å². The molecule has 4 aliphatic rings. The van der Waals surface area contributed by atoms with Gasteiger partial charge in [-0.1, -0.05) is 31.4 Å². The highest BCUT2D eigenvalue weighted by molar-refractivity contribution is 5.96. The zero-order valence-corrected chi connectivity index (χ0v) is 23.8. The molecule has 1 aliphatic carbocycles. The molecule has 0 radical (unpaired) electrons. The second-order valence-corrected chi connectivity index (χ2v) is 11.8. The van der Waals surface area contributed by atoms with Gasteiger partial charge in [-0.2, -0.15) is 0 Å². The van der Waals surface area contributed by atoms with Gasteiger partial charge in [0.25, 0.3) is 11.8 Å². The van der Waals surface area contributed by atoms with Crippen LogP contribution in [0.3, 0.4) is 0 Å². The van der Waals surface area contributed by atoms with Crippen molar-refractivity contribution >= 4 is 17.7 Å². The monoisotopic (exact) mass is 579 g/mol. The first-order chi connectivity index (χ1) is 20.5. The zero-order valence-electron chi connectivity index (χ0n) is 23.8. The Morgan fingerprint density at radius 3 is 2.69 bits per heavy atom. The molecule has 2 aromatic rings. The van der Waals surface area contributed by atoms with Crippen molar-refractivity contribution in [2.75, 3.05) is 52.5 Å². The van der Waals surface area contributed by atoms with E-state index in [-0.39, 0.29) is 68.3 Å². The molecule has 224 valence electrons. The van der Waals surface area contributed by atoms with Crippen LogP contribution < -0.4 is 10.1 Å². The minimum Gasteiger partial charge on any atom is -0.475 e. The second-order valence-electron chi connectivity index (χ2n) is 11.8. The number of ether oxygens (including phenoxy) is 2. The van der Waals surface area contributed by atoms with Crippen LogP contribution >= 0.6 is 0 Å². The SMILES string of the molecule is O=C1N[C@@H]2CN(CC3CCCCC3)C[C@@H]2OCC(=O)N2CCN(C(=O)c3ccccc3F)C[C@H]2COc2ncccc21. The average Bonchev–Trinajstić information content (AvgIpc) is 3.39. The molecule has 1 aromatic carbocycles. The number of carbonyl (C=O) groups is 3. The highest BCUT2D eigenvalue weighted by Crippen LogP contribution is 2.27. The number of nitrogens with one attached hydrogen (secondary N) is 1. The number of hydrogen-bond donors (Lipinski definition) is 1. The fourth-order valence-electron chi connectivity index (χ4n) is 6.72. The summed E-state index contributed by atoms with van der Waals surface area (Å²) < 4.78 is 26.7.